The van der Waals surface area contributed by atoms with Gasteiger partial charge < -0.3 is 32.3 Å². The van der Waals surface area contributed by atoms with Gasteiger partial charge in [-0.25, -0.2) is 4.79 Å². The van der Waals surface area contributed by atoms with Crippen molar-refractivity contribution in [2.24, 2.45) is 5.73 Å². The second-order valence-corrected chi connectivity index (χ2v) is 7.09. The van der Waals surface area contributed by atoms with Crippen molar-refractivity contribution in [1.82, 2.24) is 21.3 Å². The summed E-state index contributed by atoms with van der Waals surface area (Å²) in [6.07, 6.45) is 2.94. The first-order chi connectivity index (χ1) is 15.3. The molecule has 1 rings (SSSR count). The van der Waals surface area contributed by atoms with Gasteiger partial charge in [0, 0.05) is 25.2 Å². The van der Waals surface area contributed by atoms with Crippen molar-refractivity contribution in [3.63, 3.8) is 0 Å². The first kappa shape index (κ1) is 26.4. The van der Waals surface area contributed by atoms with Crippen molar-refractivity contribution in [2.45, 2.75) is 45.1 Å². The molecule has 0 aliphatic carbocycles. The van der Waals surface area contributed by atoms with Gasteiger partial charge >= 0.3 is 6.03 Å². The van der Waals surface area contributed by atoms with Crippen molar-refractivity contribution in [1.29, 1.82) is 0 Å². The van der Waals surface area contributed by atoms with E-state index in [9.17, 15) is 24.0 Å². The maximum atomic E-state index is 12.7. The van der Waals surface area contributed by atoms with Gasteiger partial charge in [-0.3, -0.25) is 19.2 Å². The Labute approximate surface area is 187 Å². The molecule has 1 aromatic rings. The highest BCUT2D eigenvalue weighted by Crippen LogP contribution is 2.11. The van der Waals surface area contributed by atoms with Gasteiger partial charge in [-0.15, -0.1) is 0 Å². The van der Waals surface area contributed by atoms with Crippen molar-refractivity contribution >= 4 is 35.9 Å². The largest absolute Gasteiger partial charge is 0.358 e. The predicted octanol–water partition coefficient (Wildman–Crippen LogP) is -0.237. The highest BCUT2D eigenvalue weighted by molar-refractivity contribution is 5.97. The van der Waals surface area contributed by atoms with E-state index in [4.69, 9.17) is 5.73 Å². The fourth-order valence-electron chi connectivity index (χ4n) is 2.79. The van der Waals surface area contributed by atoms with E-state index >= 15 is 0 Å². The molecule has 1 atom stereocenters. The Kier molecular flexibility index (Phi) is 12.6. The van der Waals surface area contributed by atoms with Gasteiger partial charge in [0.05, 0.1) is 6.54 Å². The molecule has 0 spiro atoms. The lowest BCUT2D eigenvalue weighted by molar-refractivity contribution is -0.128. The van der Waals surface area contributed by atoms with E-state index in [1.807, 2.05) is 19.1 Å². The lowest BCUT2D eigenvalue weighted by Gasteiger charge is -2.19. The Morgan fingerprint density at radius 2 is 1.75 bits per heavy atom. The van der Waals surface area contributed by atoms with Crippen LogP contribution in [0.1, 0.15) is 38.2 Å². The molecule has 1 unspecified atom stereocenters. The van der Waals surface area contributed by atoms with E-state index in [0.717, 1.165) is 5.56 Å². The molecule has 0 aliphatic rings. The summed E-state index contributed by atoms with van der Waals surface area (Å²) in [5, 5.41) is 12.9. The van der Waals surface area contributed by atoms with Crippen LogP contribution in [0.5, 0.6) is 0 Å². The molecule has 0 radical (unpaired) electrons. The zero-order valence-corrected chi connectivity index (χ0v) is 18.2. The number of benzene rings is 1. The van der Waals surface area contributed by atoms with Crippen LogP contribution in [-0.4, -0.2) is 55.8 Å². The fraction of sp³-hybridized carbons (Fsp3) is 0.476. The Balaban J connectivity index is 2.67. The summed E-state index contributed by atoms with van der Waals surface area (Å²) in [6, 6.07) is 5.58. The number of amides is 6. The molecular weight excluding hydrogens is 416 g/mol. The third kappa shape index (κ3) is 11.5. The number of primary amides is 1. The zero-order valence-electron chi connectivity index (χ0n) is 18.2. The van der Waals surface area contributed by atoms with Crippen LogP contribution in [0, 0.1) is 0 Å². The summed E-state index contributed by atoms with van der Waals surface area (Å²) < 4.78 is 0. The highest BCUT2D eigenvalue weighted by atomic mass is 16.2. The lowest BCUT2D eigenvalue weighted by atomic mass is 10.1. The van der Waals surface area contributed by atoms with Crippen LogP contribution < -0.4 is 32.3 Å². The predicted molar refractivity (Wildman–Crippen MR) is 120 cm³/mol. The third-order valence-electron chi connectivity index (χ3n) is 4.41. The Hall–Kier alpha value is -3.63. The maximum absolute atomic E-state index is 12.7. The average molecular weight is 449 g/mol. The van der Waals surface area contributed by atoms with Crippen LogP contribution in [0.25, 0.3) is 0 Å². The lowest BCUT2D eigenvalue weighted by Crippen LogP contribution is -2.47. The molecule has 11 nitrogen and oxygen atoms in total. The van der Waals surface area contributed by atoms with Crippen molar-refractivity contribution in [3.05, 3.63) is 29.8 Å². The topological polar surface area (TPSA) is 172 Å². The molecular formula is C21H32N6O5. The van der Waals surface area contributed by atoms with Crippen LogP contribution in [0.3, 0.4) is 0 Å². The summed E-state index contributed by atoms with van der Waals surface area (Å²) in [7, 11) is 0. The highest BCUT2D eigenvalue weighted by Gasteiger charge is 2.21. The van der Waals surface area contributed by atoms with Crippen LogP contribution in [0.15, 0.2) is 24.3 Å². The molecule has 0 aliphatic heterocycles. The Bertz CT molecular complexity index is 768. The van der Waals surface area contributed by atoms with Crippen LogP contribution in [-0.2, 0) is 25.6 Å². The molecule has 0 aromatic heterocycles. The summed E-state index contributed by atoms with van der Waals surface area (Å²) in [4.78, 5) is 57.6. The minimum Gasteiger partial charge on any atom is -0.358 e. The normalized spacial score (nSPS) is 11.0. The van der Waals surface area contributed by atoms with E-state index in [1.54, 1.807) is 12.1 Å². The number of hydrogen-bond donors (Lipinski definition) is 6. The van der Waals surface area contributed by atoms with E-state index in [2.05, 4.69) is 26.6 Å². The molecule has 0 bridgehead atoms. The van der Waals surface area contributed by atoms with Gasteiger partial charge in [0.15, 0.2) is 0 Å². The maximum Gasteiger partial charge on any atom is 0.312 e. The van der Waals surface area contributed by atoms with Gasteiger partial charge in [-0.05, 0) is 43.4 Å². The second kappa shape index (κ2) is 15.2. The number of carbonyl (C=O) groups excluding carboxylic acids is 5. The Morgan fingerprint density at radius 1 is 1.03 bits per heavy atom. The molecule has 32 heavy (non-hydrogen) atoms. The number of anilines is 1. The summed E-state index contributed by atoms with van der Waals surface area (Å²) in [6.45, 7) is 2.39. The molecule has 6 amide bonds. The summed E-state index contributed by atoms with van der Waals surface area (Å²) in [5.41, 5.74) is 6.57. The first-order valence-electron chi connectivity index (χ1n) is 10.5. The van der Waals surface area contributed by atoms with Gasteiger partial charge in [0.25, 0.3) is 0 Å². The number of hydrogen-bond acceptors (Lipinski definition) is 5. The van der Waals surface area contributed by atoms with E-state index < -0.39 is 23.9 Å². The van der Waals surface area contributed by atoms with E-state index in [0.29, 0.717) is 44.3 Å². The molecule has 0 saturated carbocycles. The SMILES string of the molecule is CCCC(=O)NCC(=O)NC(CCCNC(N)=O)C(=O)Nc1ccc(CCNC=O)cc1. The number of nitrogens with two attached hydrogens (primary N) is 1. The zero-order chi connectivity index (χ0) is 23.8. The van der Waals surface area contributed by atoms with Crippen molar-refractivity contribution in [3.8, 4) is 0 Å². The molecule has 7 N–H and O–H groups in total. The number of urea groups is 1. The third-order valence-corrected chi connectivity index (χ3v) is 4.41. The quantitative estimate of drug-likeness (QED) is 0.160. The minimum atomic E-state index is -0.864. The summed E-state index contributed by atoms with van der Waals surface area (Å²) >= 11 is 0. The number of carbonyl (C=O) groups is 5. The Morgan fingerprint density at radius 3 is 2.38 bits per heavy atom. The van der Waals surface area contributed by atoms with Crippen molar-refractivity contribution in [2.75, 3.05) is 25.0 Å². The molecule has 11 heteroatoms. The first-order valence-corrected chi connectivity index (χ1v) is 10.5. The van der Waals surface area contributed by atoms with Gasteiger partial charge in [0.1, 0.15) is 6.04 Å². The van der Waals surface area contributed by atoms with Crippen LogP contribution in [0.2, 0.25) is 0 Å². The smallest absolute Gasteiger partial charge is 0.312 e. The average Bonchev–Trinajstić information content (AvgIpc) is 2.75. The molecule has 176 valence electrons. The standard InChI is InChI=1S/C21H32N6O5/c1-2-4-18(29)25-13-19(30)27-17(5-3-11-24-21(22)32)20(31)26-16-8-6-15(7-9-16)10-12-23-14-28/h6-9,14,17H,2-5,10-13H2,1H3,(H,23,28)(H,25,29)(H,26,31)(H,27,30)(H3,22,24,32). The monoisotopic (exact) mass is 448 g/mol. The van der Waals surface area contributed by atoms with E-state index in [1.165, 1.54) is 0 Å². The van der Waals surface area contributed by atoms with Gasteiger partial charge in [-0.1, -0.05) is 19.1 Å². The van der Waals surface area contributed by atoms with Gasteiger partial charge in [0.2, 0.25) is 24.1 Å². The van der Waals surface area contributed by atoms with Crippen molar-refractivity contribution < 1.29 is 24.0 Å². The number of rotatable bonds is 15. The van der Waals surface area contributed by atoms with Crippen LogP contribution in [0.4, 0.5) is 10.5 Å². The van der Waals surface area contributed by atoms with Crippen LogP contribution >= 0.6 is 0 Å². The minimum absolute atomic E-state index is 0.230. The number of nitrogens with one attached hydrogen (secondary N) is 5. The second-order valence-electron chi connectivity index (χ2n) is 7.09. The van der Waals surface area contributed by atoms with E-state index in [-0.39, 0.29) is 25.4 Å². The molecule has 0 saturated heterocycles. The molecule has 0 fully saturated rings. The fourth-order valence-corrected chi connectivity index (χ4v) is 2.79. The molecule has 0 heterocycles. The van der Waals surface area contributed by atoms with Gasteiger partial charge in [-0.2, -0.15) is 0 Å². The summed E-state index contributed by atoms with van der Waals surface area (Å²) in [5.74, 6) is -1.15. The molecule has 1 aromatic carbocycles.